The lowest BCUT2D eigenvalue weighted by Gasteiger charge is -2.16. The first-order valence-corrected chi connectivity index (χ1v) is 13.9. The lowest BCUT2D eigenvalue weighted by Crippen LogP contribution is -2.27. The summed E-state index contributed by atoms with van der Waals surface area (Å²) in [5.41, 5.74) is 0. The molecule has 0 bridgehead atoms. The Bertz CT molecular complexity index is 468. The number of nitrogens with one attached hydrogen (secondary N) is 1. The number of rotatable bonds is 16. The van der Waals surface area contributed by atoms with E-state index >= 15 is 0 Å². The van der Waals surface area contributed by atoms with E-state index < -0.39 is 11.4 Å². The monoisotopic (exact) mass is 502 g/mol. The van der Waals surface area contributed by atoms with Gasteiger partial charge in [-0.3, -0.25) is 4.79 Å². The van der Waals surface area contributed by atoms with Crippen molar-refractivity contribution >= 4 is 52.1 Å². The van der Waals surface area contributed by atoms with Crippen molar-refractivity contribution in [1.82, 2.24) is 9.62 Å². The Labute approximate surface area is 202 Å². The van der Waals surface area contributed by atoms with Crippen molar-refractivity contribution in [3.8, 4) is 0 Å². The number of unbranched alkanes of at least 4 members (excludes halogenated alkanes) is 10. The highest BCUT2D eigenvalue weighted by molar-refractivity contribution is 7.95. The molecule has 0 aromatic heterocycles. The summed E-state index contributed by atoms with van der Waals surface area (Å²) >= 11 is 15.9. The molecule has 0 saturated carbocycles. The molecule has 0 aliphatic carbocycles. The molecule has 8 heteroatoms. The molecule has 1 heterocycles. The van der Waals surface area contributed by atoms with E-state index in [0.717, 1.165) is 25.9 Å². The molecule has 1 aliphatic rings. The quantitative estimate of drug-likeness (QED) is 0.139. The van der Waals surface area contributed by atoms with Gasteiger partial charge in [0, 0.05) is 25.4 Å². The largest absolute Gasteiger partial charge is 0.592 e. The van der Waals surface area contributed by atoms with E-state index in [1.165, 1.54) is 64.2 Å². The minimum atomic E-state index is -1.20. The SMILES string of the molecule is CCCCCCCCN1CC(Cl)=C(Cl)[S+]1[O-].CCCCCCCCNC(=O)CCCl. The van der Waals surface area contributed by atoms with Gasteiger partial charge in [-0.25, -0.2) is 0 Å². The van der Waals surface area contributed by atoms with Gasteiger partial charge in [0.15, 0.2) is 0 Å². The fourth-order valence-corrected chi connectivity index (χ4v) is 4.98. The van der Waals surface area contributed by atoms with Crippen molar-refractivity contribution < 1.29 is 9.35 Å². The first-order chi connectivity index (χ1) is 14.5. The van der Waals surface area contributed by atoms with Crippen molar-refractivity contribution in [2.75, 3.05) is 25.5 Å². The Morgan fingerprint density at radius 3 is 2.00 bits per heavy atom. The van der Waals surface area contributed by atoms with E-state index in [4.69, 9.17) is 34.8 Å². The van der Waals surface area contributed by atoms with Gasteiger partial charge >= 0.3 is 0 Å². The van der Waals surface area contributed by atoms with Gasteiger partial charge in [-0.05, 0) is 24.4 Å². The summed E-state index contributed by atoms with van der Waals surface area (Å²) in [5.74, 6) is 0.496. The van der Waals surface area contributed by atoms with E-state index in [0.29, 0.717) is 28.2 Å². The van der Waals surface area contributed by atoms with Gasteiger partial charge in [0.1, 0.15) is 5.03 Å². The topological polar surface area (TPSA) is 55.4 Å². The van der Waals surface area contributed by atoms with Crippen LogP contribution in [0.2, 0.25) is 0 Å². The molecule has 1 atom stereocenters. The number of amides is 1. The predicted molar refractivity (Wildman–Crippen MR) is 134 cm³/mol. The van der Waals surface area contributed by atoms with Crippen molar-refractivity contribution in [2.45, 2.75) is 97.3 Å². The number of carbonyl (C=O) groups excluding carboxylic acids is 1. The zero-order valence-corrected chi connectivity index (χ0v) is 21.9. The van der Waals surface area contributed by atoms with Crippen LogP contribution in [0, 0.1) is 0 Å². The highest BCUT2D eigenvalue weighted by atomic mass is 35.5. The highest BCUT2D eigenvalue weighted by Gasteiger charge is 2.34. The average Bonchev–Trinajstić information content (AvgIpc) is 2.97. The lowest BCUT2D eigenvalue weighted by atomic mass is 10.1. The number of nitrogens with zero attached hydrogens (tertiary/aromatic N) is 1. The van der Waals surface area contributed by atoms with Crippen molar-refractivity contribution in [1.29, 1.82) is 0 Å². The summed E-state index contributed by atoms with van der Waals surface area (Å²) < 4.78 is 13.8. The smallest absolute Gasteiger partial charge is 0.256 e. The molecule has 178 valence electrons. The van der Waals surface area contributed by atoms with Crippen LogP contribution >= 0.6 is 34.8 Å². The van der Waals surface area contributed by atoms with Gasteiger partial charge in [-0.2, -0.15) is 0 Å². The molecule has 1 N–H and O–H groups in total. The second kappa shape index (κ2) is 21.2. The first kappa shape index (κ1) is 30.4. The van der Waals surface area contributed by atoms with Gasteiger partial charge in [0.2, 0.25) is 5.91 Å². The molecule has 1 rings (SSSR count). The number of halogens is 3. The lowest BCUT2D eigenvalue weighted by molar-refractivity contribution is -0.120. The summed E-state index contributed by atoms with van der Waals surface area (Å²) in [4.78, 5) is 11.0. The summed E-state index contributed by atoms with van der Waals surface area (Å²) in [6.45, 7) is 6.60. The molecule has 0 aromatic rings. The second-order valence-corrected chi connectivity index (χ2v) is 10.5. The van der Waals surface area contributed by atoms with E-state index in [1.807, 2.05) is 4.31 Å². The van der Waals surface area contributed by atoms with Gasteiger partial charge in [-0.1, -0.05) is 89.7 Å². The maximum atomic E-state index is 11.6. The maximum Gasteiger partial charge on any atom is 0.256 e. The van der Waals surface area contributed by atoms with Crippen LogP contribution in [0.3, 0.4) is 0 Å². The van der Waals surface area contributed by atoms with E-state index in [9.17, 15) is 9.35 Å². The third-order valence-electron chi connectivity index (χ3n) is 4.85. The van der Waals surface area contributed by atoms with Crippen LogP contribution in [0.25, 0.3) is 0 Å². The van der Waals surface area contributed by atoms with Crippen LogP contribution in [0.5, 0.6) is 0 Å². The second-order valence-electron chi connectivity index (χ2n) is 7.62. The van der Waals surface area contributed by atoms with E-state index in [2.05, 4.69) is 19.2 Å². The minimum Gasteiger partial charge on any atom is -0.592 e. The van der Waals surface area contributed by atoms with E-state index in [1.54, 1.807) is 0 Å². The van der Waals surface area contributed by atoms with Crippen molar-refractivity contribution in [3.63, 3.8) is 0 Å². The number of alkyl halides is 1. The molecule has 30 heavy (non-hydrogen) atoms. The summed E-state index contributed by atoms with van der Waals surface area (Å²) in [5, 5.41) is 3.38. The van der Waals surface area contributed by atoms with Gasteiger partial charge in [0.05, 0.1) is 17.9 Å². The zero-order chi connectivity index (χ0) is 22.6. The molecule has 1 amide bonds. The molecule has 0 aromatic carbocycles. The maximum absolute atomic E-state index is 11.6. The Morgan fingerprint density at radius 2 is 1.50 bits per heavy atom. The number of carbonyl (C=O) groups is 1. The molecular weight excluding hydrogens is 463 g/mol. The highest BCUT2D eigenvalue weighted by Crippen LogP contribution is 2.31. The fourth-order valence-electron chi connectivity index (χ4n) is 3.02. The molecule has 0 radical (unpaired) electrons. The van der Waals surface area contributed by atoms with E-state index in [-0.39, 0.29) is 5.91 Å². The standard InChI is InChI=1S/C11H19Cl2NOS.C11H22ClNO/c1-2-3-4-5-6-7-8-14-9-10(12)11(13)16(14)15;1-2-3-4-5-6-7-10-13-11(14)8-9-12/h2-9H2,1H3;2-10H2,1H3,(H,13,14). The fraction of sp³-hybridized carbons (Fsp3) is 0.864. The zero-order valence-electron chi connectivity index (χ0n) is 18.8. The molecule has 1 aliphatic heterocycles. The molecule has 1 unspecified atom stereocenters. The Morgan fingerprint density at radius 1 is 0.967 bits per heavy atom. The summed E-state index contributed by atoms with van der Waals surface area (Å²) in [6.07, 6.45) is 15.4. The molecule has 0 fully saturated rings. The third kappa shape index (κ3) is 16.0. The van der Waals surface area contributed by atoms with Crippen LogP contribution in [0.1, 0.15) is 97.3 Å². The van der Waals surface area contributed by atoms with Crippen LogP contribution < -0.4 is 5.32 Å². The van der Waals surface area contributed by atoms with Crippen LogP contribution in [-0.4, -0.2) is 40.3 Å². The molecule has 0 saturated heterocycles. The van der Waals surface area contributed by atoms with Gasteiger partial charge in [-0.15, -0.1) is 15.9 Å². The van der Waals surface area contributed by atoms with Gasteiger partial charge < -0.3 is 9.87 Å². The van der Waals surface area contributed by atoms with Gasteiger partial charge in [0.25, 0.3) is 4.36 Å². The predicted octanol–water partition coefficient (Wildman–Crippen LogP) is 7.06. The average molecular weight is 504 g/mol. The summed E-state index contributed by atoms with van der Waals surface area (Å²) in [6, 6.07) is 0. The normalized spacial score (nSPS) is 16.5. The Balaban J connectivity index is 0.000000567. The van der Waals surface area contributed by atoms with Crippen LogP contribution in [-0.2, 0) is 16.2 Å². The first-order valence-electron chi connectivity index (χ1n) is 11.5. The van der Waals surface area contributed by atoms with Crippen molar-refractivity contribution in [3.05, 3.63) is 9.40 Å². The number of hydrogen-bond acceptors (Lipinski definition) is 3. The number of hydrogen-bond donors (Lipinski definition) is 1. The van der Waals surface area contributed by atoms with Crippen molar-refractivity contribution in [2.24, 2.45) is 0 Å². The third-order valence-corrected chi connectivity index (χ3v) is 7.52. The Kier molecular flexibility index (Phi) is 21.5. The molecule has 4 nitrogen and oxygen atoms in total. The summed E-state index contributed by atoms with van der Waals surface area (Å²) in [7, 11) is 0. The molecular formula is C22H41Cl3N2O2S. The Hall–Kier alpha value is 0.350. The minimum absolute atomic E-state index is 0.0774. The molecule has 0 spiro atoms. The van der Waals surface area contributed by atoms with Crippen LogP contribution in [0.15, 0.2) is 9.40 Å². The van der Waals surface area contributed by atoms with Crippen LogP contribution in [0.4, 0.5) is 0 Å².